The molecule has 0 bridgehead atoms. The van der Waals surface area contributed by atoms with Gasteiger partial charge in [-0.15, -0.1) is 0 Å². The molecule has 0 spiro atoms. The monoisotopic (exact) mass is 330 g/mol. The first kappa shape index (κ1) is 17.6. The number of allylic oxidation sites excluding steroid dienone is 1. The van der Waals surface area contributed by atoms with E-state index in [2.05, 4.69) is 11.9 Å². The van der Waals surface area contributed by atoms with E-state index >= 15 is 0 Å². The van der Waals surface area contributed by atoms with Crippen molar-refractivity contribution < 1.29 is 23.1 Å². The van der Waals surface area contributed by atoms with Crippen LogP contribution in [-0.4, -0.2) is 11.0 Å². The number of amides is 1. The van der Waals surface area contributed by atoms with Gasteiger partial charge in [0.05, 0.1) is 10.6 Å². The largest absolute Gasteiger partial charge is 0.506 e. The number of anilines is 1. The van der Waals surface area contributed by atoms with Crippen molar-refractivity contribution in [3.8, 4) is 6.07 Å². The molecule has 0 aliphatic rings. The van der Waals surface area contributed by atoms with Crippen LogP contribution in [0.3, 0.4) is 0 Å². The Kier molecular flexibility index (Phi) is 5.23. The van der Waals surface area contributed by atoms with Crippen LogP contribution in [0.25, 0.3) is 0 Å². The molecule has 0 aliphatic carbocycles. The number of hydrogen-bond acceptors (Lipinski definition) is 3. The van der Waals surface area contributed by atoms with Crippen molar-refractivity contribution in [2.45, 2.75) is 13.1 Å². The number of rotatable bonds is 3. The van der Waals surface area contributed by atoms with Gasteiger partial charge in [-0.3, -0.25) is 4.79 Å². The Bertz CT molecular complexity index is 703. The molecule has 1 aromatic carbocycles. The summed E-state index contributed by atoms with van der Waals surface area (Å²) < 4.78 is 38.1. The van der Waals surface area contributed by atoms with Gasteiger partial charge in [0.2, 0.25) is 0 Å². The molecule has 1 amide bonds. The molecule has 0 aromatic heterocycles. The Morgan fingerprint density at radius 2 is 2.05 bits per heavy atom. The third-order valence-corrected chi connectivity index (χ3v) is 2.84. The molecular formula is C14H10ClF3N2O2. The fraction of sp³-hybridized carbons (Fsp3) is 0.143. The summed E-state index contributed by atoms with van der Waals surface area (Å²) in [4.78, 5) is 11.8. The van der Waals surface area contributed by atoms with Crippen LogP contribution in [0.2, 0.25) is 5.02 Å². The predicted molar refractivity (Wildman–Crippen MR) is 75.2 cm³/mol. The first-order chi connectivity index (χ1) is 10.1. The predicted octanol–water partition coefficient (Wildman–Crippen LogP) is 4.21. The molecule has 0 fully saturated rings. The lowest BCUT2D eigenvalue weighted by molar-refractivity contribution is -0.137. The number of carbonyl (C=O) groups excluding carboxylic acids is 1. The van der Waals surface area contributed by atoms with E-state index in [1.807, 2.05) is 0 Å². The molecule has 0 radical (unpaired) electrons. The van der Waals surface area contributed by atoms with Gasteiger partial charge in [0.25, 0.3) is 5.91 Å². The maximum atomic E-state index is 12.7. The second kappa shape index (κ2) is 6.54. The SMILES string of the molecule is C=C(C)C(O)=C(C#N)C(=O)Nc1ccc(Cl)c(C(F)(F)F)c1. The van der Waals surface area contributed by atoms with Gasteiger partial charge >= 0.3 is 6.18 Å². The first-order valence-electron chi connectivity index (χ1n) is 5.75. The second-order valence-corrected chi connectivity index (χ2v) is 4.67. The molecule has 0 aliphatic heterocycles. The maximum absolute atomic E-state index is 12.7. The third kappa shape index (κ3) is 4.02. The van der Waals surface area contributed by atoms with Crippen molar-refractivity contribution >= 4 is 23.2 Å². The van der Waals surface area contributed by atoms with Gasteiger partial charge in [0.1, 0.15) is 11.8 Å². The average molecular weight is 331 g/mol. The number of alkyl halides is 3. The molecule has 8 heteroatoms. The fourth-order valence-electron chi connectivity index (χ4n) is 1.44. The molecule has 0 saturated heterocycles. The van der Waals surface area contributed by atoms with E-state index < -0.39 is 34.0 Å². The zero-order chi connectivity index (χ0) is 17.1. The van der Waals surface area contributed by atoms with Crippen LogP contribution < -0.4 is 5.32 Å². The summed E-state index contributed by atoms with van der Waals surface area (Å²) >= 11 is 5.45. The van der Waals surface area contributed by atoms with Crippen molar-refractivity contribution in [2.24, 2.45) is 0 Å². The number of carbonyl (C=O) groups is 1. The molecule has 116 valence electrons. The van der Waals surface area contributed by atoms with Crippen molar-refractivity contribution in [1.29, 1.82) is 5.26 Å². The zero-order valence-corrected chi connectivity index (χ0v) is 12.0. The van der Waals surface area contributed by atoms with Crippen LogP contribution in [0.5, 0.6) is 0 Å². The molecule has 2 N–H and O–H groups in total. The van der Waals surface area contributed by atoms with E-state index in [-0.39, 0.29) is 11.3 Å². The van der Waals surface area contributed by atoms with Crippen LogP contribution in [0.15, 0.2) is 41.7 Å². The minimum Gasteiger partial charge on any atom is -0.506 e. The molecule has 0 saturated carbocycles. The van der Waals surface area contributed by atoms with Crippen molar-refractivity contribution in [3.05, 3.63) is 52.3 Å². The Morgan fingerprint density at radius 3 is 2.50 bits per heavy atom. The van der Waals surface area contributed by atoms with Crippen LogP contribution >= 0.6 is 11.6 Å². The number of hydrogen-bond donors (Lipinski definition) is 2. The zero-order valence-electron chi connectivity index (χ0n) is 11.3. The van der Waals surface area contributed by atoms with Crippen molar-refractivity contribution in [1.82, 2.24) is 0 Å². The summed E-state index contributed by atoms with van der Waals surface area (Å²) in [5.74, 6) is -1.69. The minimum absolute atomic E-state index is 0.0683. The van der Waals surface area contributed by atoms with E-state index in [1.54, 1.807) is 0 Å². The van der Waals surface area contributed by atoms with Crippen LogP contribution in [0.4, 0.5) is 18.9 Å². The summed E-state index contributed by atoms with van der Waals surface area (Å²) in [5, 5.41) is 20.0. The topological polar surface area (TPSA) is 73.1 Å². The normalized spacial score (nSPS) is 12.2. The first-order valence-corrected chi connectivity index (χ1v) is 6.13. The van der Waals surface area contributed by atoms with Gasteiger partial charge in [-0.05, 0) is 30.7 Å². The lowest BCUT2D eigenvalue weighted by Gasteiger charge is -2.12. The number of benzene rings is 1. The van der Waals surface area contributed by atoms with Gasteiger partial charge < -0.3 is 10.4 Å². The second-order valence-electron chi connectivity index (χ2n) is 4.26. The van der Waals surface area contributed by atoms with E-state index in [0.29, 0.717) is 6.07 Å². The lowest BCUT2D eigenvalue weighted by atomic mass is 10.1. The number of nitrogens with one attached hydrogen (secondary N) is 1. The highest BCUT2D eigenvalue weighted by Gasteiger charge is 2.33. The fourth-order valence-corrected chi connectivity index (χ4v) is 1.66. The summed E-state index contributed by atoms with van der Waals surface area (Å²) in [6, 6.07) is 4.21. The Hall–Kier alpha value is -2.46. The third-order valence-electron chi connectivity index (χ3n) is 2.51. The van der Waals surface area contributed by atoms with Crippen molar-refractivity contribution in [3.63, 3.8) is 0 Å². The van der Waals surface area contributed by atoms with Gasteiger partial charge in [0, 0.05) is 5.69 Å². The molecule has 0 heterocycles. The van der Waals surface area contributed by atoms with Gasteiger partial charge in [-0.25, -0.2) is 0 Å². The maximum Gasteiger partial charge on any atom is 0.417 e. The molecule has 1 rings (SSSR count). The van der Waals surface area contributed by atoms with Crippen LogP contribution in [0, 0.1) is 11.3 Å². The molecule has 22 heavy (non-hydrogen) atoms. The number of aliphatic hydroxyl groups excluding tert-OH is 1. The lowest BCUT2D eigenvalue weighted by Crippen LogP contribution is -2.16. The number of nitrogens with zero attached hydrogens (tertiary/aromatic N) is 1. The van der Waals surface area contributed by atoms with Crippen LogP contribution in [-0.2, 0) is 11.0 Å². The number of halogens is 4. The molecular weight excluding hydrogens is 321 g/mol. The number of nitriles is 1. The molecule has 4 nitrogen and oxygen atoms in total. The van der Waals surface area contributed by atoms with Crippen LogP contribution in [0.1, 0.15) is 12.5 Å². The van der Waals surface area contributed by atoms with Gasteiger partial charge in [-0.2, -0.15) is 18.4 Å². The summed E-state index contributed by atoms with van der Waals surface area (Å²) in [6.45, 7) is 4.73. The summed E-state index contributed by atoms with van der Waals surface area (Å²) in [6.07, 6.45) is -4.69. The molecule has 0 unspecified atom stereocenters. The highest BCUT2D eigenvalue weighted by Crippen LogP contribution is 2.36. The van der Waals surface area contributed by atoms with Gasteiger partial charge in [0.15, 0.2) is 5.57 Å². The smallest absolute Gasteiger partial charge is 0.417 e. The Morgan fingerprint density at radius 1 is 1.45 bits per heavy atom. The van der Waals surface area contributed by atoms with E-state index in [0.717, 1.165) is 12.1 Å². The van der Waals surface area contributed by atoms with Crippen molar-refractivity contribution in [2.75, 3.05) is 5.32 Å². The number of aliphatic hydroxyl groups is 1. The standard InChI is InChI=1S/C14H10ClF3N2O2/c1-7(2)12(21)9(6-19)13(22)20-8-3-4-11(15)10(5-8)14(16,17)18/h3-5,21H,1H2,2H3,(H,20,22). The van der Waals surface area contributed by atoms with E-state index in [1.165, 1.54) is 13.0 Å². The summed E-state index contributed by atoms with van der Waals surface area (Å²) in [5.41, 5.74) is -1.93. The van der Waals surface area contributed by atoms with Gasteiger partial charge in [-0.1, -0.05) is 18.2 Å². The average Bonchev–Trinajstić information content (AvgIpc) is 2.40. The highest BCUT2D eigenvalue weighted by atomic mass is 35.5. The Balaban J connectivity index is 3.16. The van der Waals surface area contributed by atoms with E-state index in [4.69, 9.17) is 16.9 Å². The van der Waals surface area contributed by atoms with E-state index in [9.17, 15) is 23.1 Å². The Labute approximate surface area is 129 Å². The highest BCUT2D eigenvalue weighted by molar-refractivity contribution is 6.31. The minimum atomic E-state index is -4.69. The quantitative estimate of drug-likeness (QED) is 0.377. The summed E-state index contributed by atoms with van der Waals surface area (Å²) in [7, 11) is 0. The molecule has 0 atom stereocenters. The molecule has 1 aromatic rings.